The van der Waals surface area contributed by atoms with Gasteiger partial charge in [0.15, 0.2) is 0 Å². The first-order valence-corrected chi connectivity index (χ1v) is 8.96. The largest absolute Gasteiger partial charge is 0.337 e. The number of aromatic nitrogens is 2. The van der Waals surface area contributed by atoms with Crippen LogP contribution in [0.3, 0.4) is 0 Å². The van der Waals surface area contributed by atoms with E-state index in [9.17, 15) is 4.79 Å². The van der Waals surface area contributed by atoms with Crippen molar-refractivity contribution in [2.75, 3.05) is 26.2 Å². The topological polar surface area (TPSA) is 49.3 Å². The Morgan fingerprint density at radius 3 is 2.88 bits per heavy atom. The maximum absolute atomic E-state index is 12.6. The fourth-order valence-corrected chi connectivity index (χ4v) is 3.33. The molecule has 0 bridgehead atoms. The number of carbonyl (C=O) groups excluding carboxylic acids is 1. The molecule has 1 aliphatic rings. The maximum Gasteiger partial charge on any atom is 0.255 e. The summed E-state index contributed by atoms with van der Waals surface area (Å²) in [7, 11) is 0. The first kappa shape index (κ1) is 17.0. The van der Waals surface area contributed by atoms with Crippen LogP contribution in [0.1, 0.15) is 28.2 Å². The monoisotopic (exact) mass is 388 g/mol. The van der Waals surface area contributed by atoms with Gasteiger partial charge in [0, 0.05) is 55.3 Å². The van der Waals surface area contributed by atoms with Crippen LogP contribution in [0.15, 0.2) is 41.1 Å². The number of rotatable bonds is 3. The van der Waals surface area contributed by atoms with E-state index in [1.807, 2.05) is 30.0 Å². The van der Waals surface area contributed by atoms with Crippen LogP contribution in [0.25, 0.3) is 0 Å². The number of halogens is 1. The lowest BCUT2D eigenvalue weighted by molar-refractivity contribution is 0.0760. The van der Waals surface area contributed by atoms with Crippen LogP contribution < -0.4 is 0 Å². The molecule has 0 saturated carbocycles. The highest BCUT2D eigenvalue weighted by atomic mass is 79.9. The van der Waals surface area contributed by atoms with E-state index in [1.54, 1.807) is 12.4 Å². The Morgan fingerprint density at radius 1 is 1.21 bits per heavy atom. The molecule has 0 spiro atoms. The molecule has 1 fully saturated rings. The second-order valence-electron chi connectivity index (χ2n) is 6.08. The minimum Gasteiger partial charge on any atom is -0.337 e. The molecule has 2 aromatic rings. The maximum atomic E-state index is 12.6. The number of amides is 1. The van der Waals surface area contributed by atoms with Crippen molar-refractivity contribution >= 4 is 21.8 Å². The summed E-state index contributed by atoms with van der Waals surface area (Å²) in [5.41, 5.74) is 2.77. The van der Waals surface area contributed by atoms with Crippen molar-refractivity contribution in [3.63, 3.8) is 0 Å². The van der Waals surface area contributed by atoms with Crippen molar-refractivity contribution in [3.05, 3.63) is 58.1 Å². The molecule has 1 amide bonds. The van der Waals surface area contributed by atoms with Crippen LogP contribution in [0.4, 0.5) is 0 Å². The molecule has 0 radical (unpaired) electrons. The van der Waals surface area contributed by atoms with Gasteiger partial charge in [0.05, 0.1) is 11.3 Å². The molecule has 0 unspecified atom stereocenters. The van der Waals surface area contributed by atoms with Crippen molar-refractivity contribution in [2.45, 2.75) is 19.9 Å². The number of carbonyl (C=O) groups is 1. The van der Waals surface area contributed by atoms with Crippen molar-refractivity contribution in [1.82, 2.24) is 19.8 Å². The molecule has 0 atom stereocenters. The SMILES string of the molecule is Cc1cccc(CN2CCCN(C(=O)c3cncc(Br)c3)CC2)n1. The summed E-state index contributed by atoms with van der Waals surface area (Å²) >= 11 is 3.37. The molecular formula is C18H21BrN4O. The minimum atomic E-state index is 0.0549. The molecule has 24 heavy (non-hydrogen) atoms. The lowest BCUT2D eigenvalue weighted by atomic mass is 10.2. The highest BCUT2D eigenvalue weighted by molar-refractivity contribution is 9.10. The Labute approximate surface area is 150 Å². The van der Waals surface area contributed by atoms with Crippen molar-refractivity contribution in [1.29, 1.82) is 0 Å². The summed E-state index contributed by atoms with van der Waals surface area (Å²) in [6, 6.07) is 7.95. The van der Waals surface area contributed by atoms with Crippen molar-refractivity contribution in [3.8, 4) is 0 Å². The van der Waals surface area contributed by atoms with Crippen LogP contribution in [-0.4, -0.2) is 51.9 Å². The van der Waals surface area contributed by atoms with E-state index in [4.69, 9.17) is 0 Å². The van der Waals surface area contributed by atoms with E-state index < -0.39 is 0 Å². The molecule has 0 aromatic carbocycles. The van der Waals surface area contributed by atoms with Gasteiger partial charge in [-0.25, -0.2) is 0 Å². The van der Waals surface area contributed by atoms with Gasteiger partial charge in [-0.1, -0.05) is 6.07 Å². The summed E-state index contributed by atoms with van der Waals surface area (Å²) in [4.78, 5) is 25.6. The van der Waals surface area contributed by atoms with E-state index >= 15 is 0 Å². The number of hydrogen-bond donors (Lipinski definition) is 0. The quantitative estimate of drug-likeness (QED) is 0.810. The molecule has 1 aliphatic heterocycles. The number of hydrogen-bond acceptors (Lipinski definition) is 4. The Morgan fingerprint density at radius 2 is 2.08 bits per heavy atom. The predicted molar refractivity (Wildman–Crippen MR) is 96.7 cm³/mol. The first-order valence-electron chi connectivity index (χ1n) is 8.16. The van der Waals surface area contributed by atoms with E-state index in [2.05, 4.69) is 36.9 Å². The number of nitrogens with zero attached hydrogens (tertiary/aromatic N) is 4. The second-order valence-corrected chi connectivity index (χ2v) is 7.00. The van der Waals surface area contributed by atoms with Gasteiger partial charge in [0.2, 0.25) is 0 Å². The van der Waals surface area contributed by atoms with Gasteiger partial charge in [0.25, 0.3) is 5.91 Å². The lowest BCUT2D eigenvalue weighted by Crippen LogP contribution is -2.35. The van der Waals surface area contributed by atoms with E-state index in [0.29, 0.717) is 5.56 Å². The van der Waals surface area contributed by atoms with Gasteiger partial charge < -0.3 is 4.90 Å². The summed E-state index contributed by atoms with van der Waals surface area (Å²) in [6.45, 7) is 6.21. The van der Waals surface area contributed by atoms with Gasteiger partial charge >= 0.3 is 0 Å². The molecule has 3 rings (SSSR count). The smallest absolute Gasteiger partial charge is 0.255 e. The van der Waals surface area contributed by atoms with Gasteiger partial charge in [0.1, 0.15) is 0 Å². The summed E-state index contributed by atoms with van der Waals surface area (Å²) in [6.07, 6.45) is 4.29. The highest BCUT2D eigenvalue weighted by Gasteiger charge is 2.21. The highest BCUT2D eigenvalue weighted by Crippen LogP contribution is 2.14. The fourth-order valence-electron chi connectivity index (χ4n) is 2.96. The molecule has 1 saturated heterocycles. The van der Waals surface area contributed by atoms with Gasteiger partial charge in [-0.05, 0) is 47.5 Å². The van der Waals surface area contributed by atoms with Gasteiger partial charge in [-0.3, -0.25) is 19.7 Å². The second kappa shape index (κ2) is 7.85. The Bertz CT molecular complexity index is 722. The van der Waals surface area contributed by atoms with Crippen molar-refractivity contribution < 1.29 is 4.79 Å². The molecule has 2 aromatic heterocycles. The predicted octanol–water partition coefficient (Wildman–Crippen LogP) is 2.90. The summed E-state index contributed by atoms with van der Waals surface area (Å²) in [5.74, 6) is 0.0549. The third kappa shape index (κ3) is 4.39. The van der Waals surface area contributed by atoms with E-state index in [-0.39, 0.29) is 5.91 Å². The minimum absolute atomic E-state index is 0.0549. The molecule has 0 N–H and O–H groups in total. The zero-order valence-electron chi connectivity index (χ0n) is 13.8. The zero-order valence-corrected chi connectivity index (χ0v) is 15.4. The van der Waals surface area contributed by atoms with Crippen LogP contribution in [0.2, 0.25) is 0 Å². The Balaban J connectivity index is 1.61. The average molecular weight is 389 g/mol. The van der Waals surface area contributed by atoms with Crippen molar-refractivity contribution in [2.24, 2.45) is 0 Å². The fraction of sp³-hybridized carbons (Fsp3) is 0.389. The summed E-state index contributed by atoms with van der Waals surface area (Å²) in [5, 5.41) is 0. The molecule has 126 valence electrons. The number of aryl methyl sites for hydroxylation is 1. The van der Waals surface area contributed by atoms with Crippen LogP contribution in [0, 0.1) is 6.92 Å². The summed E-state index contributed by atoms with van der Waals surface area (Å²) < 4.78 is 0.829. The third-order valence-corrected chi connectivity index (χ3v) is 4.59. The Kier molecular flexibility index (Phi) is 5.58. The van der Waals surface area contributed by atoms with Crippen LogP contribution in [-0.2, 0) is 6.54 Å². The first-order chi connectivity index (χ1) is 11.6. The zero-order chi connectivity index (χ0) is 16.9. The molecular weight excluding hydrogens is 368 g/mol. The van der Waals surface area contributed by atoms with E-state index in [0.717, 1.165) is 55.0 Å². The van der Waals surface area contributed by atoms with Gasteiger partial charge in [-0.15, -0.1) is 0 Å². The third-order valence-electron chi connectivity index (χ3n) is 4.16. The molecule has 6 heteroatoms. The number of pyridine rings is 2. The standard InChI is InChI=1S/C18H21BrN4O/c1-14-4-2-5-17(21-14)13-22-6-3-7-23(9-8-22)18(24)15-10-16(19)12-20-11-15/h2,4-5,10-12H,3,6-9,13H2,1H3. The molecule has 0 aliphatic carbocycles. The average Bonchev–Trinajstić information content (AvgIpc) is 2.80. The normalized spacial score (nSPS) is 16.0. The molecule has 5 nitrogen and oxygen atoms in total. The van der Waals surface area contributed by atoms with Crippen LogP contribution >= 0.6 is 15.9 Å². The Hall–Kier alpha value is -1.79. The molecule has 3 heterocycles. The lowest BCUT2D eigenvalue weighted by Gasteiger charge is -2.22. The van der Waals surface area contributed by atoms with E-state index in [1.165, 1.54) is 0 Å². The van der Waals surface area contributed by atoms with Gasteiger partial charge in [-0.2, -0.15) is 0 Å². The van der Waals surface area contributed by atoms with Crippen LogP contribution in [0.5, 0.6) is 0 Å².